The quantitative estimate of drug-likeness (QED) is 0.500. The fraction of sp³-hybridized carbons (Fsp3) is 0.250. The lowest BCUT2D eigenvalue weighted by Gasteiger charge is -2.09. The summed E-state index contributed by atoms with van der Waals surface area (Å²) in [6, 6.07) is 1.10. The Kier molecular flexibility index (Phi) is 4.18. The van der Waals surface area contributed by atoms with Crippen molar-refractivity contribution in [2.75, 3.05) is 11.9 Å². The first-order chi connectivity index (χ1) is 7.91. The van der Waals surface area contributed by atoms with Crippen molar-refractivity contribution in [3.05, 3.63) is 27.4 Å². The van der Waals surface area contributed by atoms with Crippen LogP contribution in [0.25, 0.3) is 0 Å². The van der Waals surface area contributed by atoms with E-state index in [1.807, 2.05) is 0 Å². The molecule has 0 bridgehead atoms. The highest BCUT2D eigenvalue weighted by Gasteiger charge is 2.14. The van der Waals surface area contributed by atoms with Crippen LogP contribution in [0.4, 0.5) is 11.5 Å². The number of hydrogen-bond donors (Lipinski definition) is 3. The van der Waals surface area contributed by atoms with Gasteiger partial charge < -0.3 is 16.2 Å². The van der Waals surface area contributed by atoms with E-state index in [9.17, 15) is 14.9 Å². The van der Waals surface area contributed by atoms with Crippen molar-refractivity contribution in [2.24, 2.45) is 5.73 Å². The minimum atomic E-state index is -1.39. The van der Waals surface area contributed by atoms with Crippen LogP contribution in [-0.2, 0) is 4.79 Å². The van der Waals surface area contributed by atoms with Crippen molar-refractivity contribution in [3.8, 4) is 0 Å². The molecule has 0 radical (unpaired) electrons. The molecule has 0 aliphatic heterocycles. The molecule has 0 fully saturated rings. The first-order valence-corrected chi connectivity index (χ1v) is 4.81. The Morgan fingerprint density at radius 2 is 2.41 bits per heavy atom. The number of halogens is 1. The summed E-state index contributed by atoms with van der Waals surface area (Å²) in [7, 11) is 0. The summed E-state index contributed by atoms with van der Waals surface area (Å²) in [5.74, 6) is -0.770. The number of carbonyl (C=O) groups excluding carboxylic acids is 1. The van der Waals surface area contributed by atoms with Gasteiger partial charge in [0, 0.05) is 6.07 Å². The predicted molar refractivity (Wildman–Crippen MR) is 59.6 cm³/mol. The number of aromatic nitrogens is 1. The summed E-state index contributed by atoms with van der Waals surface area (Å²) in [6.45, 7) is -0.181. The van der Waals surface area contributed by atoms with Gasteiger partial charge in [-0.2, -0.15) is 0 Å². The zero-order chi connectivity index (χ0) is 13.0. The minimum Gasteiger partial charge on any atom is -0.381 e. The van der Waals surface area contributed by atoms with Gasteiger partial charge >= 0.3 is 0 Å². The van der Waals surface area contributed by atoms with Crippen molar-refractivity contribution in [3.63, 3.8) is 0 Å². The minimum absolute atomic E-state index is 0.0101. The van der Waals surface area contributed by atoms with Gasteiger partial charge in [0.25, 0.3) is 5.69 Å². The van der Waals surface area contributed by atoms with E-state index in [1.165, 1.54) is 0 Å². The van der Waals surface area contributed by atoms with Gasteiger partial charge in [-0.3, -0.25) is 14.9 Å². The molecule has 1 rings (SSSR count). The number of aliphatic hydroxyl groups excluding tert-OH is 1. The molecule has 4 N–H and O–H groups in total. The lowest BCUT2D eigenvalue weighted by molar-refractivity contribution is -0.385. The second-order valence-electron chi connectivity index (χ2n) is 3.08. The van der Waals surface area contributed by atoms with Crippen LogP contribution in [0.1, 0.15) is 0 Å². The molecule has 0 saturated carbocycles. The average Bonchev–Trinajstić information content (AvgIpc) is 2.26. The number of primary amides is 1. The summed E-state index contributed by atoms with van der Waals surface area (Å²) in [5.41, 5.74) is 4.58. The zero-order valence-electron chi connectivity index (χ0n) is 8.46. The molecule has 9 heteroatoms. The SMILES string of the molecule is NC(=O)C(O)CNc1ncc([N+](=O)[O-])cc1Cl. The van der Waals surface area contributed by atoms with Crippen LogP contribution in [0.15, 0.2) is 12.3 Å². The standard InChI is InChI=1S/C8H9ClN4O4/c9-5-1-4(13(16)17)2-11-8(5)12-3-6(14)7(10)15/h1-2,6,14H,3H2,(H2,10,15)(H,11,12). The number of nitrogens with two attached hydrogens (primary N) is 1. The molecule has 1 unspecified atom stereocenters. The van der Waals surface area contributed by atoms with Crippen LogP contribution < -0.4 is 11.1 Å². The molecule has 1 aromatic rings. The number of nitro groups is 1. The van der Waals surface area contributed by atoms with Gasteiger partial charge in [-0.25, -0.2) is 4.98 Å². The smallest absolute Gasteiger partial charge is 0.289 e. The van der Waals surface area contributed by atoms with Crippen molar-refractivity contribution < 1.29 is 14.8 Å². The Morgan fingerprint density at radius 3 is 2.88 bits per heavy atom. The van der Waals surface area contributed by atoms with Crippen molar-refractivity contribution in [2.45, 2.75) is 6.10 Å². The zero-order valence-corrected chi connectivity index (χ0v) is 9.22. The van der Waals surface area contributed by atoms with E-state index in [4.69, 9.17) is 22.4 Å². The first kappa shape index (κ1) is 13.1. The third-order valence-corrected chi connectivity index (χ3v) is 2.12. The highest BCUT2D eigenvalue weighted by atomic mass is 35.5. The van der Waals surface area contributed by atoms with Gasteiger partial charge in [-0.15, -0.1) is 0 Å². The number of carbonyl (C=O) groups is 1. The molecule has 1 amide bonds. The van der Waals surface area contributed by atoms with Gasteiger partial charge in [-0.1, -0.05) is 11.6 Å². The summed E-state index contributed by atoms with van der Waals surface area (Å²) >= 11 is 5.71. The van der Waals surface area contributed by atoms with E-state index in [-0.39, 0.29) is 23.1 Å². The molecule has 1 heterocycles. The largest absolute Gasteiger partial charge is 0.381 e. The van der Waals surface area contributed by atoms with E-state index < -0.39 is 16.9 Å². The number of rotatable bonds is 5. The topological polar surface area (TPSA) is 131 Å². The highest BCUT2D eigenvalue weighted by molar-refractivity contribution is 6.33. The highest BCUT2D eigenvalue weighted by Crippen LogP contribution is 2.23. The molecule has 0 saturated heterocycles. The molecule has 0 aliphatic carbocycles. The van der Waals surface area contributed by atoms with Crippen LogP contribution in [-0.4, -0.2) is 33.6 Å². The Hall–Kier alpha value is -1.93. The Balaban J connectivity index is 2.73. The molecule has 0 aromatic carbocycles. The maximum Gasteiger partial charge on any atom is 0.289 e. The van der Waals surface area contributed by atoms with Crippen LogP contribution >= 0.6 is 11.6 Å². The number of pyridine rings is 1. The van der Waals surface area contributed by atoms with Crippen molar-refractivity contribution >= 4 is 29.0 Å². The number of hydrogen-bond acceptors (Lipinski definition) is 6. The maximum atomic E-state index is 10.5. The maximum absolute atomic E-state index is 10.5. The average molecular weight is 261 g/mol. The van der Waals surface area contributed by atoms with Crippen molar-refractivity contribution in [1.29, 1.82) is 0 Å². The number of nitrogens with one attached hydrogen (secondary N) is 1. The van der Waals surface area contributed by atoms with E-state index in [0.717, 1.165) is 12.3 Å². The second kappa shape index (κ2) is 5.41. The Labute approximate surface area is 101 Å². The fourth-order valence-corrected chi connectivity index (χ4v) is 1.18. The molecule has 1 atom stereocenters. The molecule has 92 valence electrons. The van der Waals surface area contributed by atoms with Crippen molar-refractivity contribution in [1.82, 2.24) is 4.98 Å². The Bertz CT molecular complexity index is 453. The van der Waals surface area contributed by atoms with Gasteiger partial charge in [0.1, 0.15) is 18.1 Å². The lowest BCUT2D eigenvalue weighted by atomic mass is 10.3. The first-order valence-electron chi connectivity index (χ1n) is 4.43. The number of nitrogens with zero attached hydrogens (tertiary/aromatic N) is 2. The number of amides is 1. The normalized spacial score (nSPS) is 11.9. The fourth-order valence-electron chi connectivity index (χ4n) is 0.952. The lowest BCUT2D eigenvalue weighted by Crippen LogP contribution is -2.34. The molecular formula is C8H9ClN4O4. The van der Waals surface area contributed by atoms with Crippen LogP contribution in [0, 0.1) is 10.1 Å². The molecular weight excluding hydrogens is 252 g/mol. The molecule has 8 nitrogen and oxygen atoms in total. The van der Waals surface area contributed by atoms with Gasteiger partial charge in [-0.05, 0) is 0 Å². The second-order valence-corrected chi connectivity index (χ2v) is 3.49. The van der Waals surface area contributed by atoms with E-state index >= 15 is 0 Å². The van der Waals surface area contributed by atoms with E-state index in [0.29, 0.717) is 0 Å². The summed E-state index contributed by atoms with van der Waals surface area (Å²) < 4.78 is 0. The third-order valence-electron chi connectivity index (χ3n) is 1.83. The molecule has 0 aliphatic rings. The van der Waals surface area contributed by atoms with E-state index in [2.05, 4.69) is 10.3 Å². The van der Waals surface area contributed by atoms with Crippen LogP contribution in [0.3, 0.4) is 0 Å². The summed E-state index contributed by atoms with van der Waals surface area (Å²) in [4.78, 5) is 24.0. The predicted octanol–water partition coefficient (Wildman–Crippen LogP) is -0.0987. The summed E-state index contributed by atoms with van der Waals surface area (Å²) in [5, 5.41) is 22.1. The third kappa shape index (κ3) is 3.54. The van der Waals surface area contributed by atoms with E-state index in [1.54, 1.807) is 0 Å². The van der Waals surface area contributed by atoms with Gasteiger partial charge in [0.05, 0.1) is 16.5 Å². The van der Waals surface area contributed by atoms with Gasteiger partial charge in [0.2, 0.25) is 5.91 Å². The summed E-state index contributed by atoms with van der Waals surface area (Å²) in [6.07, 6.45) is -0.381. The number of aliphatic hydroxyl groups is 1. The Morgan fingerprint density at radius 1 is 1.76 bits per heavy atom. The van der Waals surface area contributed by atoms with Crippen LogP contribution in [0.5, 0.6) is 0 Å². The number of anilines is 1. The van der Waals surface area contributed by atoms with Crippen LogP contribution in [0.2, 0.25) is 5.02 Å². The monoisotopic (exact) mass is 260 g/mol. The molecule has 1 aromatic heterocycles. The molecule has 0 spiro atoms. The van der Waals surface area contributed by atoms with Gasteiger partial charge in [0.15, 0.2) is 0 Å². The molecule has 17 heavy (non-hydrogen) atoms.